The van der Waals surface area contributed by atoms with Gasteiger partial charge in [0.1, 0.15) is 6.10 Å². The van der Waals surface area contributed by atoms with Gasteiger partial charge in [-0.1, -0.05) is 70.9 Å². The second-order valence-corrected chi connectivity index (χ2v) is 13.7. The van der Waals surface area contributed by atoms with Gasteiger partial charge in [0.15, 0.2) is 0 Å². The van der Waals surface area contributed by atoms with Crippen LogP contribution in [0.2, 0.25) is 0 Å². The van der Waals surface area contributed by atoms with Crippen LogP contribution >= 0.6 is 0 Å². The molecule has 0 heterocycles. The highest BCUT2D eigenvalue weighted by Crippen LogP contribution is 2.66. The number of hydrogen-bond donors (Lipinski definition) is 0. The Hall–Kier alpha value is -2.17. The van der Waals surface area contributed by atoms with Crippen LogP contribution in [0.25, 0.3) is 0 Å². The zero-order chi connectivity index (χ0) is 27.6. The van der Waals surface area contributed by atoms with E-state index in [0.29, 0.717) is 11.0 Å². The average Bonchev–Trinajstić information content (AvgIpc) is 3.27. The molecule has 7 atom stereocenters. The summed E-state index contributed by atoms with van der Waals surface area (Å²) >= 11 is 0. The second kappa shape index (κ2) is 11.7. The van der Waals surface area contributed by atoms with Gasteiger partial charge in [0.2, 0.25) is 0 Å². The van der Waals surface area contributed by atoms with Crippen molar-refractivity contribution >= 4 is 11.7 Å². The van der Waals surface area contributed by atoms with Crippen LogP contribution in [0.15, 0.2) is 35.9 Å². The third kappa shape index (κ3) is 5.57. The van der Waals surface area contributed by atoms with Crippen molar-refractivity contribution in [1.29, 1.82) is 0 Å². The maximum atomic E-state index is 12.8. The number of unbranched alkanes of at least 4 members (excludes halogenated alkanes) is 5. The summed E-state index contributed by atoms with van der Waals surface area (Å²) in [7, 11) is 0. The van der Waals surface area contributed by atoms with Gasteiger partial charge in [-0.2, -0.15) is 0 Å². The van der Waals surface area contributed by atoms with Crippen molar-refractivity contribution in [3.8, 4) is 0 Å². The normalized spacial score (nSPS) is 35.4. The van der Waals surface area contributed by atoms with E-state index in [1.165, 1.54) is 107 Å². The number of carbonyl (C=O) groups is 1. The van der Waals surface area contributed by atoms with Gasteiger partial charge in [-0.15, -0.1) is 0 Å². The first-order valence-electron chi connectivity index (χ1n) is 15.9. The monoisotopic (exact) mass is 535 g/mol. The summed E-state index contributed by atoms with van der Waals surface area (Å²) in [5.74, 6) is 2.99. The third-order valence-corrected chi connectivity index (χ3v) is 11.7. The van der Waals surface area contributed by atoms with Crippen LogP contribution in [-0.2, 0) is 4.74 Å². The van der Waals surface area contributed by atoms with Gasteiger partial charge in [-0.25, -0.2) is 4.79 Å². The molecule has 0 aromatic heterocycles. The number of nitro benzene ring substituents is 1. The van der Waals surface area contributed by atoms with Crippen LogP contribution in [0.4, 0.5) is 5.69 Å². The van der Waals surface area contributed by atoms with E-state index in [1.54, 1.807) is 0 Å². The first-order chi connectivity index (χ1) is 18.8. The van der Waals surface area contributed by atoms with Crippen LogP contribution in [-0.4, -0.2) is 17.0 Å². The highest BCUT2D eigenvalue weighted by atomic mass is 16.6. The number of rotatable bonds is 10. The summed E-state index contributed by atoms with van der Waals surface area (Å²) in [5.41, 5.74) is 2.65. The molecule has 39 heavy (non-hydrogen) atoms. The molecule has 0 N–H and O–H groups in total. The number of hydrogen-bond acceptors (Lipinski definition) is 4. The minimum Gasteiger partial charge on any atom is -0.458 e. The predicted octanol–water partition coefficient (Wildman–Crippen LogP) is 9.45. The number of nitro groups is 1. The molecule has 4 aliphatic rings. The molecule has 1 aromatic carbocycles. The molecule has 0 saturated heterocycles. The molecule has 3 fully saturated rings. The van der Waals surface area contributed by atoms with Crippen molar-refractivity contribution in [3.05, 3.63) is 51.6 Å². The topological polar surface area (TPSA) is 69.4 Å². The molecule has 5 nitrogen and oxygen atoms in total. The zero-order valence-electron chi connectivity index (χ0n) is 24.5. The molecule has 1 aromatic rings. The molecule has 0 radical (unpaired) electrons. The lowest BCUT2D eigenvalue weighted by Crippen LogP contribution is -2.50. The van der Waals surface area contributed by atoms with Crippen molar-refractivity contribution in [1.82, 2.24) is 0 Å². The molecular formula is C34H49NO4. The van der Waals surface area contributed by atoms with Gasteiger partial charge in [-0.3, -0.25) is 10.1 Å². The maximum Gasteiger partial charge on any atom is 0.338 e. The number of fused-ring (bicyclic) bond motifs is 5. The number of allylic oxidation sites excluding steroid dienone is 1. The molecular weight excluding hydrogens is 486 g/mol. The lowest BCUT2D eigenvalue weighted by molar-refractivity contribution is -0.384. The molecule has 0 aliphatic heterocycles. The van der Waals surface area contributed by atoms with Crippen molar-refractivity contribution < 1.29 is 14.5 Å². The van der Waals surface area contributed by atoms with E-state index in [4.69, 9.17) is 4.74 Å². The number of non-ortho nitro benzene ring substituents is 1. The summed E-state index contributed by atoms with van der Waals surface area (Å²) in [6, 6.07) is 5.74. The SMILES string of the molecule is CCCCCCCCC1CCC2C3CC=C4CC(OC(=O)c5ccc([N+](=O)[O-])cc5)CCC4(C)C3CCC12C. The fraction of sp³-hybridized carbons (Fsp3) is 0.735. The standard InChI is InChI=1S/C34H49NO4/c1-4-5-6-7-8-9-10-25-14-18-30-29-17-13-26-23-28(19-21-34(26,3)31(29)20-22-33(25,30)2)39-32(36)24-11-15-27(16-12-24)35(37)38/h11-13,15-16,25,28-31H,4-10,14,17-23H2,1-3H3. The Kier molecular flexibility index (Phi) is 8.54. The van der Waals surface area contributed by atoms with Crippen molar-refractivity contribution in [2.75, 3.05) is 0 Å². The number of carbonyl (C=O) groups excluding carboxylic acids is 1. The van der Waals surface area contributed by atoms with Gasteiger partial charge >= 0.3 is 5.97 Å². The average molecular weight is 536 g/mol. The summed E-state index contributed by atoms with van der Waals surface area (Å²) in [6.07, 6.45) is 21.9. The van der Waals surface area contributed by atoms with E-state index < -0.39 is 4.92 Å². The second-order valence-electron chi connectivity index (χ2n) is 13.7. The maximum absolute atomic E-state index is 12.8. The van der Waals surface area contributed by atoms with E-state index >= 15 is 0 Å². The lowest BCUT2D eigenvalue weighted by Gasteiger charge is -2.58. The Morgan fingerprint density at radius 2 is 1.72 bits per heavy atom. The van der Waals surface area contributed by atoms with Gasteiger partial charge in [0.05, 0.1) is 10.5 Å². The third-order valence-electron chi connectivity index (χ3n) is 11.7. The molecule has 3 saturated carbocycles. The molecule has 0 spiro atoms. The lowest BCUT2D eigenvalue weighted by atomic mass is 9.47. The Bertz CT molecular complexity index is 1060. The van der Waals surface area contributed by atoms with Crippen molar-refractivity contribution in [3.63, 3.8) is 0 Å². The first-order valence-corrected chi connectivity index (χ1v) is 15.9. The van der Waals surface area contributed by atoms with Crippen LogP contribution in [0.5, 0.6) is 0 Å². The number of esters is 1. The Morgan fingerprint density at radius 3 is 2.46 bits per heavy atom. The molecule has 7 unspecified atom stereocenters. The fourth-order valence-corrected chi connectivity index (χ4v) is 9.42. The van der Waals surface area contributed by atoms with Gasteiger partial charge in [0.25, 0.3) is 5.69 Å². The van der Waals surface area contributed by atoms with Gasteiger partial charge < -0.3 is 4.74 Å². The van der Waals surface area contributed by atoms with E-state index in [1.807, 2.05) is 0 Å². The Balaban J connectivity index is 1.19. The molecule has 4 aliphatic carbocycles. The fourth-order valence-electron chi connectivity index (χ4n) is 9.42. The Morgan fingerprint density at radius 1 is 0.974 bits per heavy atom. The number of ether oxygens (including phenoxy) is 1. The molecule has 5 rings (SSSR count). The summed E-state index contributed by atoms with van der Waals surface area (Å²) < 4.78 is 5.93. The van der Waals surface area contributed by atoms with E-state index in [0.717, 1.165) is 42.9 Å². The summed E-state index contributed by atoms with van der Waals surface area (Å²) in [4.78, 5) is 23.3. The highest BCUT2D eigenvalue weighted by molar-refractivity contribution is 5.89. The molecule has 214 valence electrons. The van der Waals surface area contributed by atoms with Gasteiger partial charge in [0, 0.05) is 18.6 Å². The van der Waals surface area contributed by atoms with Gasteiger partial charge in [-0.05, 0) is 98.0 Å². The largest absolute Gasteiger partial charge is 0.458 e. The minimum absolute atomic E-state index is 0.0125. The van der Waals surface area contributed by atoms with E-state index in [-0.39, 0.29) is 23.2 Å². The zero-order valence-corrected chi connectivity index (χ0v) is 24.5. The van der Waals surface area contributed by atoms with Crippen LogP contribution in [0, 0.1) is 44.6 Å². The smallest absolute Gasteiger partial charge is 0.338 e. The number of nitrogens with zero attached hydrogens (tertiary/aromatic N) is 1. The van der Waals surface area contributed by atoms with Crippen LogP contribution in [0.1, 0.15) is 127 Å². The van der Waals surface area contributed by atoms with Crippen molar-refractivity contribution in [2.24, 2.45) is 34.5 Å². The van der Waals surface area contributed by atoms with Crippen LogP contribution < -0.4 is 0 Å². The predicted molar refractivity (Wildman–Crippen MR) is 155 cm³/mol. The molecule has 0 amide bonds. The van der Waals surface area contributed by atoms with Crippen LogP contribution in [0.3, 0.4) is 0 Å². The Labute approximate surface area is 235 Å². The minimum atomic E-state index is -0.449. The number of benzene rings is 1. The molecule has 0 bridgehead atoms. The quantitative estimate of drug-likeness (QED) is 0.0983. The first kappa shape index (κ1) is 28.4. The summed E-state index contributed by atoms with van der Waals surface area (Å²) in [6.45, 7) is 7.46. The highest BCUT2D eigenvalue weighted by Gasteiger charge is 2.58. The van der Waals surface area contributed by atoms with E-state index in [2.05, 4.69) is 26.8 Å². The van der Waals surface area contributed by atoms with Crippen molar-refractivity contribution in [2.45, 2.75) is 123 Å². The summed E-state index contributed by atoms with van der Waals surface area (Å²) in [5, 5.41) is 10.9. The van der Waals surface area contributed by atoms with E-state index in [9.17, 15) is 14.9 Å². The molecule has 5 heteroatoms.